The van der Waals surface area contributed by atoms with Crippen LogP contribution in [-0.2, 0) is 6.42 Å². The minimum Gasteiger partial charge on any atom is -0.0921 e. The maximum atomic E-state index is 3.64. The topological polar surface area (TPSA) is 0 Å². The standard InChI is InChI=1S/C17H19Br/c1-13-3-7-15(8-4-13)11-17(12-18)16-9-5-14(2)6-10-16/h3-10,17H,11-12H2,1-2H3. The monoisotopic (exact) mass is 302 g/mol. The van der Waals surface area contributed by atoms with Crippen molar-refractivity contribution in [3.8, 4) is 0 Å². The van der Waals surface area contributed by atoms with E-state index in [2.05, 4.69) is 78.3 Å². The zero-order valence-electron chi connectivity index (χ0n) is 11.0. The fraction of sp³-hybridized carbons (Fsp3) is 0.294. The molecule has 1 unspecified atom stereocenters. The quantitative estimate of drug-likeness (QED) is 0.695. The van der Waals surface area contributed by atoms with Crippen molar-refractivity contribution in [1.29, 1.82) is 0 Å². The summed E-state index contributed by atoms with van der Waals surface area (Å²) in [5.74, 6) is 0.549. The van der Waals surface area contributed by atoms with Crippen LogP contribution in [0.1, 0.15) is 28.2 Å². The molecule has 0 spiro atoms. The van der Waals surface area contributed by atoms with Gasteiger partial charge in [0.05, 0.1) is 0 Å². The lowest BCUT2D eigenvalue weighted by Gasteiger charge is -2.15. The van der Waals surface area contributed by atoms with Crippen molar-refractivity contribution in [3.63, 3.8) is 0 Å². The Labute approximate surface area is 118 Å². The predicted octanol–water partition coefficient (Wildman–Crippen LogP) is 5.02. The van der Waals surface area contributed by atoms with E-state index in [1.165, 1.54) is 22.3 Å². The fourth-order valence-electron chi connectivity index (χ4n) is 2.11. The van der Waals surface area contributed by atoms with E-state index in [-0.39, 0.29) is 0 Å². The Morgan fingerprint density at radius 2 is 1.33 bits per heavy atom. The van der Waals surface area contributed by atoms with Gasteiger partial charge < -0.3 is 0 Å². The first-order valence-corrected chi connectivity index (χ1v) is 7.49. The number of benzene rings is 2. The van der Waals surface area contributed by atoms with Crippen molar-refractivity contribution in [2.24, 2.45) is 0 Å². The molecule has 0 N–H and O–H groups in total. The number of alkyl halides is 1. The summed E-state index contributed by atoms with van der Waals surface area (Å²) >= 11 is 3.64. The smallest absolute Gasteiger partial charge is 0.0103 e. The predicted molar refractivity (Wildman–Crippen MR) is 82.6 cm³/mol. The third kappa shape index (κ3) is 3.46. The largest absolute Gasteiger partial charge is 0.0921 e. The van der Waals surface area contributed by atoms with Gasteiger partial charge in [-0.25, -0.2) is 0 Å². The van der Waals surface area contributed by atoms with Gasteiger partial charge in [0.25, 0.3) is 0 Å². The first-order valence-electron chi connectivity index (χ1n) is 6.37. The molecule has 0 saturated heterocycles. The van der Waals surface area contributed by atoms with Crippen molar-refractivity contribution in [2.75, 3.05) is 5.33 Å². The molecule has 0 nitrogen and oxygen atoms in total. The number of rotatable bonds is 4. The Balaban J connectivity index is 2.14. The second kappa shape index (κ2) is 6.19. The van der Waals surface area contributed by atoms with Gasteiger partial charge in [0.15, 0.2) is 0 Å². The minimum atomic E-state index is 0.549. The molecule has 0 aliphatic rings. The van der Waals surface area contributed by atoms with Crippen molar-refractivity contribution in [2.45, 2.75) is 26.2 Å². The summed E-state index contributed by atoms with van der Waals surface area (Å²) in [5, 5.41) is 1.00. The lowest BCUT2D eigenvalue weighted by molar-refractivity contribution is 0.775. The molecular weight excluding hydrogens is 284 g/mol. The minimum absolute atomic E-state index is 0.549. The third-order valence-electron chi connectivity index (χ3n) is 3.34. The summed E-state index contributed by atoms with van der Waals surface area (Å²) in [4.78, 5) is 0. The van der Waals surface area contributed by atoms with Gasteiger partial charge >= 0.3 is 0 Å². The van der Waals surface area contributed by atoms with Crippen LogP contribution in [0.15, 0.2) is 48.5 Å². The maximum absolute atomic E-state index is 3.64. The second-order valence-electron chi connectivity index (χ2n) is 4.95. The fourth-order valence-corrected chi connectivity index (χ4v) is 2.71. The van der Waals surface area contributed by atoms with Gasteiger partial charge in [-0.15, -0.1) is 0 Å². The molecular formula is C17H19Br. The van der Waals surface area contributed by atoms with Gasteiger partial charge in [-0.2, -0.15) is 0 Å². The molecule has 2 aromatic rings. The van der Waals surface area contributed by atoms with E-state index >= 15 is 0 Å². The van der Waals surface area contributed by atoms with Gasteiger partial charge in [0, 0.05) is 5.33 Å². The van der Waals surface area contributed by atoms with Crippen molar-refractivity contribution in [3.05, 3.63) is 70.8 Å². The van der Waals surface area contributed by atoms with E-state index < -0.39 is 0 Å². The molecule has 2 rings (SSSR count). The van der Waals surface area contributed by atoms with Crippen LogP contribution in [0.5, 0.6) is 0 Å². The summed E-state index contributed by atoms with van der Waals surface area (Å²) < 4.78 is 0. The summed E-state index contributed by atoms with van der Waals surface area (Å²) in [5.41, 5.74) is 5.47. The molecule has 18 heavy (non-hydrogen) atoms. The van der Waals surface area contributed by atoms with Crippen molar-refractivity contribution < 1.29 is 0 Å². The summed E-state index contributed by atoms with van der Waals surface area (Å²) in [6, 6.07) is 17.7. The molecule has 1 atom stereocenters. The molecule has 0 aromatic heterocycles. The first-order chi connectivity index (χ1) is 8.69. The van der Waals surface area contributed by atoms with E-state index in [1.807, 2.05) is 0 Å². The Kier molecular flexibility index (Phi) is 4.60. The van der Waals surface area contributed by atoms with Crippen LogP contribution in [0, 0.1) is 13.8 Å². The second-order valence-corrected chi connectivity index (χ2v) is 5.60. The average molecular weight is 303 g/mol. The number of hydrogen-bond acceptors (Lipinski definition) is 0. The lowest BCUT2D eigenvalue weighted by atomic mass is 9.93. The van der Waals surface area contributed by atoms with Crippen LogP contribution in [0.25, 0.3) is 0 Å². The van der Waals surface area contributed by atoms with Gasteiger partial charge in [-0.3, -0.25) is 0 Å². The molecule has 94 valence electrons. The average Bonchev–Trinajstić information content (AvgIpc) is 2.39. The van der Waals surface area contributed by atoms with E-state index in [9.17, 15) is 0 Å². The summed E-state index contributed by atoms with van der Waals surface area (Å²) in [7, 11) is 0. The van der Waals surface area contributed by atoms with Gasteiger partial charge in [-0.1, -0.05) is 75.6 Å². The molecule has 0 saturated carbocycles. The highest BCUT2D eigenvalue weighted by Crippen LogP contribution is 2.23. The number of aryl methyl sites for hydroxylation is 2. The number of halogens is 1. The molecule has 0 radical (unpaired) electrons. The first kappa shape index (κ1) is 13.4. The number of hydrogen-bond donors (Lipinski definition) is 0. The highest BCUT2D eigenvalue weighted by Gasteiger charge is 2.10. The van der Waals surface area contributed by atoms with E-state index in [0.717, 1.165) is 11.8 Å². The van der Waals surface area contributed by atoms with Gasteiger partial charge in [0.1, 0.15) is 0 Å². The zero-order valence-corrected chi connectivity index (χ0v) is 12.6. The highest BCUT2D eigenvalue weighted by atomic mass is 79.9. The van der Waals surface area contributed by atoms with Crippen LogP contribution in [0.4, 0.5) is 0 Å². The van der Waals surface area contributed by atoms with Gasteiger partial charge in [0.2, 0.25) is 0 Å². The molecule has 0 amide bonds. The van der Waals surface area contributed by atoms with Crippen LogP contribution in [0.2, 0.25) is 0 Å². The van der Waals surface area contributed by atoms with E-state index in [1.54, 1.807) is 0 Å². The zero-order chi connectivity index (χ0) is 13.0. The van der Waals surface area contributed by atoms with E-state index in [0.29, 0.717) is 5.92 Å². The molecule has 0 fully saturated rings. The lowest BCUT2D eigenvalue weighted by Crippen LogP contribution is -2.04. The molecule has 0 heterocycles. The van der Waals surface area contributed by atoms with E-state index in [4.69, 9.17) is 0 Å². The molecule has 2 aromatic carbocycles. The Hall–Kier alpha value is -1.08. The van der Waals surface area contributed by atoms with Crippen LogP contribution >= 0.6 is 15.9 Å². The normalized spacial score (nSPS) is 12.4. The Bertz CT molecular complexity index is 482. The summed E-state index contributed by atoms with van der Waals surface area (Å²) in [6.45, 7) is 4.26. The van der Waals surface area contributed by atoms with Crippen molar-refractivity contribution >= 4 is 15.9 Å². The Morgan fingerprint density at radius 3 is 1.83 bits per heavy atom. The summed E-state index contributed by atoms with van der Waals surface area (Å²) in [6.07, 6.45) is 1.09. The SMILES string of the molecule is Cc1ccc(CC(CBr)c2ccc(C)cc2)cc1. The third-order valence-corrected chi connectivity index (χ3v) is 4.12. The van der Waals surface area contributed by atoms with Crippen LogP contribution in [-0.4, -0.2) is 5.33 Å². The molecule has 0 bridgehead atoms. The maximum Gasteiger partial charge on any atom is 0.0103 e. The Morgan fingerprint density at radius 1 is 0.833 bits per heavy atom. The molecule has 1 heteroatoms. The molecule has 0 aliphatic carbocycles. The van der Waals surface area contributed by atoms with Crippen LogP contribution in [0.3, 0.4) is 0 Å². The van der Waals surface area contributed by atoms with Crippen molar-refractivity contribution in [1.82, 2.24) is 0 Å². The van der Waals surface area contributed by atoms with Crippen LogP contribution < -0.4 is 0 Å². The molecule has 0 aliphatic heterocycles. The highest BCUT2D eigenvalue weighted by molar-refractivity contribution is 9.09. The van der Waals surface area contributed by atoms with Gasteiger partial charge in [-0.05, 0) is 37.3 Å².